The Morgan fingerprint density at radius 3 is 2.29 bits per heavy atom. The molecule has 5 nitrogen and oxygen atoms in total. The lowest BCUT2D eigenvalue weighted by Gasteiger charge is -2.26. The zero-order chi connectivity index (χ0) is 13.6. The van der Waals surface area contributed by atoms with E-state index < -0.39 is 6.04 Å². The highest BCUT2D eigenvalue weighted by Crippen LogP contribution is 2.17. The van der Waals surface area contributed by atoms with Crippen molar-refractivity contribution in [2.45, 2.75) is 40.7 Å². The summed E-state index contributed by atoms with van der Waals surface area (Å²) in [6.07, 6.45) is 0. The first-order chi connectivity index (χ1) is 7.70. The van der Waals surface area contributed by atoms with E-state index in [0.29, 0.717) is 6.61 Å². The van der Waals surface area contributed by atoms with Crippen LogP contribution in [0, 0.1) is 11.3 Å². The first-order valence-corrected chi connectivity index (χ1v) is 5.90. The lowest BCUT2D eigenvalue weighted by Crippen LogP contribution is -2.49. The van der Waals surface area contributed by atoms with E-state index in [1.807, 2.05) is 20.8 Å². The number of hydrogen-bond acceptors (Lipinski definition) is 4. The molecule has 0 saturated carbocycles. The largest absolute Gasteiger partial charge is 0.466 e. The third-order valence-corrected chi connectivity index (χ3v) is 2.49. The molecule has 2 atom stereocenters. The Morgan fingerprint density at radius 2 is 1.88 bits per heavy atom. The zero-order valence-electron chi connectivity index (χ0n) is 11.4. The van der Waals surface area contributed by atoms with E-state index in [0.717, 1.165) is 0 Å². The van der Waals surface area contributed by atoms with Crippen LogP contribution in [0.2, 0.25) is 0 Å². The minimum Gasteiger partial charge on any atom is -0.466 e. The van der Waals surface area contributed by atoms with E-state index in [-0.39, 0.29) is 29.8 Å². The minimum atomic E-state index is -0.586. The molecule has 0 rings (SSSR count). The van der Waals surface area contributed by atoms with Gasteiger partial charge < -0.3 is 15.8 Å². The fourth-order valence-corrected chi connectivity index (χ4v) is 1.12. The number of carbonyl (C=O) groups excluding carboxylic acids is 2. The number of nitrogens with two attached hydrogens (primary N) is 1. The van der Waals surface area contributed by atoms with Crippen molar-refractivity contribution < 1.29 is 14.3 Å². The molecule has 0 aromatic carbocycles. The molecule has 0 aromatic rings. The summed E-state index contributed by atoms with van der Waals surface area (Å²) in [4.78, 5) is 23.0. The molecule has 100 valence electrons. The second-order valence-corrected chi connectivity index (χ2v) is 5.24. The van der Waals surface area contributed by atoms with Crippen LogP contribution in [0.1, 0.15) is 34.6 Å². The molecule has 3 N–H and O–H groups in total. The molecular formula is C12H24N2O3. The first-order valence-electron chi connectivity index (χ1n) is 5.90. The summed E-state index contributed by atoms with van der Waals surface area (Å²) in [6.45, 7) is 9.74. The average Bonchev–Trinajstić information content (AvgIpc) is 2.23. The van der Waals surface area contributed by atoms with Gasteiger partial charge >= 0.3 is 5.97 Å². The SMILES string of the molecule is CCOC(=O)C(C)CNC(=O)[C@@H](N)C(C)(C)C. The maximum Gasteiger partial charge on any atom is 0.310 e. The number of ether oxygens (including phenoxy) is 1. The fraction of sp³-hybridized carbons (Fsp3) is 0.833. The molecule has 0 aliphatic heterocycles. The summed E-state index contributed by atoms with van der Waals surface area (Å²) in [5.41, 5.74) is 5.49. The molecule has 0 aromatic heterocycles. The van der Waals surface area contributed by atoms with Crippen molar-refractivity contribution in [1.82, 2.24) is 5.32 Å². The molecular weight excluding hydrogens is 220 g/mol. The van der Waals surface area contributed by atoms with Gasteiger partial charge in [0.15, 0.2) is 0 Å². The number of rotatable bonds is 5. The smallest absolute Gasteiger partial charge is 0.310 e. The molecule has 0 fully saturated rings. The normalized spacial score (nSPS) is 14.9. The summed E-state index contributed by atoms with van der Waals surface area (Å²) >= 11 is 0. The van der Waals surface area contributed by atoms with Gasteiger partial charge in [-0.05, 0) is 12.3 Å². The fourth-order valence-electron chi connectivity index (χ4n) is 1.12. The molecule has 0 radical (unpaired) electrons. The van der Waals surface area contributed by atoms with Crippen LogP contribution in [-0.2, 0) is 14.3 Å². The van der Waals surface area contributed by atoms with E-state index in [9.17, 15) is 9.59 Å². The highest BCUT2D eigenvalue weighted by molar-refractivity contribution is 5.83. The van der Waals surface area contributed by atoms with Gasteiger partial charge in [0, 0.05) is 6.54 Å². The minimum absolute atomic E-state index is 0.242. The van der Waals surface area contributed by atoms with Crippen molar-refractivity contribution in [2.24, 2.45) is 17.1 Å². The molecule has 0 spiro atoms. The maximum atomic E-state index is 11.7. The maximum absolute atomic E-state index is 11.7. The van der Waals surface area contributed by atoms with Crippen LogP contribution < -0.4 is 11.1 Å². The molecule has 0 bridgehead atoms. The second kappa shape index (κ2) is 6.59. The predicted octanol–water partition coefficient (Wildman–Crippen LogP) is 0.675. The van der Waals surface area contributed by atoms with Gasteiger partial charge in [-0.15, -0.1) is 0 Å². The van der Waals surface area contributed by atoms with Gasteiger partial charge in [0.1, 0.15) is 0 Å². The summed E-state index contributed by atoms with van der Waals surface area (Å²) < 4.78 is 4.84. The predicted molar refractivity (Wildman–Crippen MR) is 66.2 cm³/mol. The van der Waals surface area contributed by atoms with Crippen molar-refractivity contribution in [2.75, 3.05) is 13.2 Å². The standard InChI is InChI=1S/C12H24N2O3/c1-6-17-11(16)8(2)7-14-10(15)9(13)12(3,4)5/h8-9H,6-7,13H2,1-5H3,(H,14,15)/t8?,9-/m1/s1. The van der Waals surface area contributed by atoms with Gasteiger partial charge in [0.25, 0.3) is 0 Å². The third kappa shape index (κ3) is 5.68. The van der Waals surface area contributed by atoms with Gasteiger partial charge in [-0.1, -0.05) is 27.7 Å². The Morgan fingerprint density at radius 1 is 1.35 bits per heavy atom. The Hall–Kier alpha value is -1.10. The lowest BCUT2D eigenvalue weighted by molar-refractivity contribution is -0.147. The summed E-state index contributed by atoms with van der Waals surface area (Å²) in [6, 6.07) is -0.586. The van der Waals surface area contributed by atoms with Crippen LogP contribution in [0.3, 0.4) is 0 Å². The highest BCUT2D eigenvalue weighted by Gasteiger charge is 2.27. The number of nitrogens with one attached hydrogen (secondary N) is 1. The molecule has 0 heterocycles. The molecule has 0 aliphatic carbocycles. The van der Waals surface area contributed by atoms with Crippen LogP contribution in [0.15, 0.2) is 0 Å². The summed E-state index contributed by atoms with van der Waals surface area (Å²) in [5.74, 6) is -0.906. The van der Waals surface area contributed by atoms with Crippen molar-refractivity contribution in [3.8, 4) is 0 Å². The first kappa shape index (κ1) is 15.9. The van der Waals surface area contributed by atoms with Crippen LogP contribution in [0.5, 0.6) is 0 Å². The quantitative estimate of drug-likeness (QED) is 0.697. The monoisotopic (exact) mass is 244 g/mol. The molecule has 1 unspecified atom stereocenters. The van der Waals surface area contributed by atoms with Crippen LogP contribution >= 0.6 is 0 Å². The molecule has 0 aliphatic rings. The molecule has 0 saturated heterocycles. The zero-order valence-corrected chi connectivity index (χ0v) is 11.4. The second-order valence-electron chi connectivity index (χ2n) is 5.24. The Balaban J connectivity index is 4.12. The van der Waals surface area contributed by atoms with Crippen molar-refractivity contribution in [3.05, 3.63) is 0 Å². The number of esters is 1. The Kier molecular flexibility index (Phi) is 6.16. The number of hydrogen-bond donors (Lipinski definition) is 2. The van der Waals surface area contributed by atoms with Gasteiger partial charge in [-0.3, -0.25) is 9.59 Å². The van der Waals surface area contributed by atoms with E-state index in [1.54, 1.807) is 13.8 Å². The van der Waals surface area contributed by atoms with Gasteiger partial charge in [-0.2, -0.15) is 0 Å². The number of amides is 1. The van der Waals surface area contributed by atoms with Gasteiger partial charge in [-0.25, -0.2) is 0 Å². The van der Waals surface area contributed by atoms with E-state index >= 15 is 0 Å². The van der Waals surface area contributed by atoms with Crippen LogP contribution in [-0.4, -0.2) is 31.1 Å². The molecule has 1 amide bonds. The highest BCUT2D eigenvalue weighted by atomic mass is 16.5. The van der Waals surface area contributed by atoms with Crippen molar-refractivity contribution >= 4 is 11.9 Å². The van der Waals surface area contributed by atoms with E-state index in [2.05, 4.69) is 5.32 Å². The van der Waals surface area contributed by atoms with E-state index in [1.165, 1.54) is 0 Å². The Labute approximate surface area is 103 Å². The third-order valence-electron chi connectivity index (χ3n) is 2.49. The number of carbonyl (C=O) groups is 2. The van der Waals surface area contributed by atoms with Gasteiger partial charge in [0.05, 0.1) is 18.6 Å². The van der Waals surface area contributed by atoms with Crippen LogP contribution in [0.25, 0.3) is 0 Å². The van der Waals surface area contributed by atoms with Gasteiger partial charge in [0.2, 0.25) is 5.91 Å². The molecule has 5 heteroatoms. The lowest BCUT2D eigenvalue weighted by atomic mass is 9.87. The summed E-state index contributed by atoms with van der Waals surface area (Å²) in [5, 5.41) is 2.66. The summed E-state index contributed by atoms with van der Waals surface area (Å²) in [7, 11) is 0. The van der Waals surface area contributed by atoms with Crippen molar-refractivity contribution in [3.63, 3.8) is 0 Å². The van der Waals surface area contributed by atoms with Crippen LogP contribution in [0.4, 0.5) is 0 Å². The Bertz CT molecular complexity index is 271. The van der Waals surface area contributed by atoms with Crippen molar-refractivity contribution in [1.29, 1.82) is 0 Å². The molecule has 17 heavy (non-hydrogen) atoms. The van der Waals surface area contributed by atoms with E-state index in [4.69, 9.17) is 10.5 Å². The topological polar surface area (TPSA) is 81.4 Å². The average molecular weight is 244 g/mol.